The molecule has 0 N–H and O–H groups in total. The Hall–Kier alpha value is -8.04. The normalized spacial score (nSPS) is 13.8. The Kier molecular flexibility index (Phi) is 7.00. The van der Waals surface area contributed by atoms with E-state index in [1.807, 2.05) is 30.7 Å². The summed E-state index contributed by atoms with van der Waals surface area (Å²) in [5.74, 6) is 4.22. The molecule has 9 nitrogen and oxygen atoms in total. The Balaban J connectivity index is 1.14. The van der Waals surface area contributed by atoms with Gasteiger partial charge in [0.25, 0.3) is 13.4 Å². The van der Waals surface area contributed by atoms with E-state index in [4.69, 9.17) is 24.9 Å². The lowest BCUT2D eigenvalue weighted by molar-refractivity contribution is 1.06. The van der Waals surface area contributed by atoms with Gasteiger partial charge in [-0.15, -0.1) is 0 Å². The van der Waals surface area contributed by atoms with Gasteiger partial charge < -0.3 is 0 Å². The van der Waals surface area contributed by atoms with Gasteiger partial charge >= 0.3 is 0 Å². The predicted octanol–water partition coefficient (Wildman–Crippen LogP) is 6.83. The third-order valence-corrected chi connectivity index (χ3v) is 12.2. The lowest BCUT2D eigenvalue weighted by atomic mass is 9.31. The molecule has 4 aromatic heterocycles. The minimum absolute atomic E-state index is 0.163. The smallest absolute Gasteiger partial charge is 0.260 e. The predicted molar refractivity (Wildman–Crippen MR) is 243 cm³/mol. The van der Waals surface area contributed by atoms with E-state index in [2.05, 4.69) is 171 Å². The fraction of sp³-hybridized carbons (Fsp3) is 0. The molecule has 9 aromatic rings. The molecular weight excluding hydrogens is 736 g/mol. The maximum Gasteiger partial charge on any atom is 0.260 e. The quantitative estimate of drug-likeness (QED) is 0.179. The third-order valence-electron chi connectivity index (χ3n) is 12.2. The number of nitrogens with zero attached hydrogens (tertiary/aromatic N) is 9. The van der Waals surface area contributed by atoms with Crippen molar-refractivity contribution in [2.24, 2.45) is 0 Å². The number of aromatic nitrogens is 5. The molecule has 0 unspecified atom stereocenters. The number of pyridine rings is 3. The Bertz CT molecular complexity index is 2950. The second-order valence-electron chi connectivity index (χ2n) is 15.4. The number of para-hydroxylation sites is 4. The summed E-state index contributed by atoms with van der Waals surface area (Å²) in [5, 5.41) is 0. The molecule has 0 radical (unpaired) electrons. The van der Waals surface area contributed by atoms with Crippen molar-refractivity contribution in [3.63, 3.8) is 0 Å². The highest BCUT2D eigenvalue weighted by Gasteiger charge is 2.49. The number of fused-ring (bicyclic) bond motifs is 8. The van der Waals surface area contributed by atoms with E-state index >= 15 is 0 Å². The lowest BCUT2D eigenvalue weighted by Gasteiger charge is -2.45. The van der Waals surface area contributed by atoms with Crippen molar-refractivity contribution in [1.82, 2.24) is 24.9 Å². The Morgan fingerprint density at radius 1 is 0.350 bits per heavy atom. The van der Waals surface area contributed by atoms with E-state index < -0.39 is 0 Å². The largest absolute Gasteiger partial charge is 0.296 e. The van der Waals surface area contributed by atoms with E-state index in [-0.39, 0.29) is 13.4 Å². The average molecular weight is 767 g/mol. The second kappa shape index (κ2) is 12.7. The lowest BCUT2D eigenvalue weighted by Crippen LogP contribution is -2.66. The minimum atomic E-state index is -0.257. The van der Waals surface area contributed by atoms with E-state index in [0.717, 1.165) is 96.2 Å². The van der Waals surface area contributed by atoms with Crippen LogP contribution in [0.1, 0.15) is 0 Å². The van der Waals surface area contributed by atoms with Crippen LogP contribution in [-0.2, 0) is 0 Å². The summed E-state index contributed by atoms with van der Waals surface area (Å²) in [6.07, 6.45) is 7.46. The fourth-order valence-electron chi connectivity index (χ4n) is 9.91. The van der Waals surface area contributed by atoms with Crippen molar-refractivity contribution in [3.05, 3.63) is 189 Å². The zero-order valence-corrected chi connectivity index (χ0v) is 32.1. The maximum absolute atomic E-state index is 5.89. The molecule has 0 fully saturated rings. The van der Waals surface area contributed by atoms with Crippen LogP contribution in [-0.4, -0.2) is 38.3 Å². The van der Waals surface area contributed by atoms with Gasteiger partial charge in [-0.05, 0) is 100 Å². The molecule has 5 aromatic carbocycles. The van der Waals surface area contributed by atoms with Crippen molar-refractivity contribution >= 4 is 115 Å². The molecule has 0 spiro atoms. The third kappa shape index (κ3) is 4.57. The molecule has 4 aliphatic rings. The molecule has 0 saturated carbocycles. The maximum atomic E-state index is 5.89. The summed E-state index contributed by atoms with van der Waals surface area (Å²) in [6.45, 7) is -0.421. The van der Waals surface area contributed by atoms with Crippen molar-refractivity contribution in [2.75, 3.05) is 19.6 Å². The van der Waals surface area contributed by atoms with Gasteiger partial charge in [0, 0.05) is 63.9 Å². The molecule has 8 heterocycles. The molecule has 278 valence electrons. The SMILES string of the molecule is c1ccc(N2c3cccc4c3B(c3cccnc32)c2cc3c(nc2N4c2ccccc2)N(c2ccccc2)c2ncnc4c2B3c2cnccc2N4c2ccccc2)cc1. The summed E-state index contributed by atoms with van der Waals surface area (Å²) in [5.41, 5.74) is 13.8. The van der Waals surface area contributed by atoms with Crippen LogP contribution < -0.4 is 52.4 Å². The number of rotatable bonds is 4. The molecule has 0 atom stereocenters. The van der Waals surface area contributed by atoms with Gasteiger partial charge in [0.15, 0.2) is 0 Å². The molecular formula is C49H31B2N9. The molecule has 4 aliphatic heterocycles. The van der Waals surface area contributed by atoms with E-state index in [1.165, 1.54) is 5.46 Å². The summed E-state index contributed by atoms with van der Waals surface area (Å²) < 4.78 is 0. The van der Waals surface area contributed by atoms with Gasteiger partial charge in [0.1, 0.15) is 35.4 Å². The standard InChI is InChI=1S/C49H31B2N9/c1-5-15-32(16-6-1)57-40-26-28-52-30-39(40)51-38-29-37-46(56-47(38)60(35-21-11-4-12-22-35)49-44(51)48(57)54-31-55-49)59(34-19-9-3-10-20-34)42-25-13-24-41-43(42)50(37)36-23-14-27-53-45(36)58(41)33-17-7-2-8-18-33/h1-31H. The summed E-state index contributed by atoms with van der Waals surface area (Å²) in [7, 11) is 0. The minimum Gasteiger partial charge on any atom is -0.296 e. The van der Waals surface area contributed by atoms with Crippen LogP contribution in [0.15, 0.2) is 189 Å². The monoisotopic (exact) mass is 767 g/mol. The highest BCUT2D eigenvalue weighted by Crippen LogP contribution is 2.45. The van der Waals surface area contributed by atoms with E-state index in [0.29, 0.717) is 0 Å². The number of hydrogen-bond acceptors (Lipinski definition) is 9. The van der Waals surface area contributed by atoms with Gasteiger partial charge in [-0.2, -0.15) is 0 Å². The first-order valence-electron chi connectivity index (χ1n) is 20.2. The first-order valence-corrected chi connectivity index (χ1v) is 20.2. The van der Waals surface area contributed by atoms with Crippen LogP contribution >= 0.6 is 0 Å². The van der Waals surface area contributed by atoms with Crippen molar-refractivity contribution < 1.29 is 0 Å². The van der Waals surface area contributed by atoms with Gasteiger partial charge in [0.2, 0.25) is 0 Å². The Morgan fingerprint density at radius 3 is 1.48 bits per heavy atom. The average Bonchev–Trinajstić information content (AvgIpc) is 3.32. The van der Waals surface area contributed by atoms with Crippen molar-refractivity contribution in [2.45, 2.75) is 0 Å². The molecule has 11 heteroatoms. The summed E-state index contributed by atoms with van der Waals surface area (Å²) in [4.78, 5) is 35.1. The Labute approximate surface area is 347 Å². The van der Waals surface area contributed by atoms with Crippen LogP contribution in [0.4, 0.5) is 68.9 Å². The second-order valence-corrected chi connectivity index (χ2v) is 15.4. The van der Waals surface area contributed by atoms with Gasteiger partial charge in [-0.25, -0.2) is 19.9 Å². The number of hydrogen-bond donors (Lipinski definition) is 0. The molecule has 0 saturated heterocycles. The van der Waals surface area contributed by atoms with E-state index in [1.54, 1.807) is 6.33 Å². The Morgan fingerprint density at radius 2 is 0.867 bits per heavy atom. The molecule has 0 bridgehead atoms. The van der Waals surface area contributed by atoms with Crippen molar-refractivity contribution in [1.29, 1.82) is 0 Å². The molecule has 0 amide bonds. The van der Waals surface area contributed by atoms with Gasteiger partial charge in [-0.1, -0.05) is 91.0 Å². The highest BCUT2D eigenvalue weighted by atomic mass is 15.3. The molecule has 0 aliphatic carbocycles. The van der Waals surface area contributed by atoms with Crippen LogP contribution in [0.25, 0.3) is 0 Å². The highest BCUT2D eigenvalue weighted by molar-refractivity contribution is 7.02. The van der Waals surface area contributed by atoms with Gasteiger partial charge in [0.05, 0.1) is 0 Å². The molecule has 60 heavy (non-hydrogen) atoms. The zero-order chi connectivity index (χ0) is 39.3. The van der Waals surface area contributed by atoms with Crippen LogP contribution in [0, 0.1) is 0 Å². The van der Waals surface area contributed by atoms with Crippen LogP contribution in [0.2, 0.25) is 0 Å². The van der Waals surface area contributed by atoms with Crippen LogP contribution in [0.3, 0.4) is 0 Å². The van der Waals surface area contributed by atoms with Gasteiger partial charge in [-0.3, -0.25) is 24.6 Å². The van der Waals surface area contributed by atoms with E-state index in [9.17, 15) is 0 Å². The van der Waals surface area contributed by atoms with Crippen LogP contribution in [0.5, 0.6) is 0 Å². The fourth-order valence-corrected chi connectivity index (χ4v) is 9.91. The van der Waals surface area contributed by atoms with Crippen molar-refractivity contribution in [3.8, 4) is 0 Å². The zero-order valence-electron chi connectivity index (χ0n) is 32.1. The first-order chi connectivity index (χ1) is 29.8. The summed E-state index contributed by atoms with van der Waals surface area (Å²) >= 11 is 0. The number of benzene rings is 5. The summed E-state index contributed by atoms with van der Waals surface area (Å²) in [6, 6.07) is 57.5. The first kappa shape index (κ1) is 33.0. The molecule has 13 rings (SSSR count). The topological polar surface area (TPSA) is 77.4 Å². The number of anilines is 12.